The molecule has 2 radical (unpaired) electrons. The summed E-state index contributed by atoms with van der Waals surface area (Å²) in [6, 6.07) is 20.1. The topological polar surface area (TPSA) is 56.5 Å². The van der Waals surface area contributed by atoms with Crippen molar-refractivity contribution in [3.05, 3.63) is 73.1 Å². The SMILES string of the molecule is [B]c1ccc2c3ccc(-n4nnc5ccccc54)cc3c3nccnc3c2c1. The van der Waals surface area contributed by atoms with Gasteiger partial charge in [0.15, 0.2) is 0 Å². The Labute approximate surface area is 161 Å². The molecule has 0 atom stereocenters. The first kappa shape index (κ1) is 15.3. The molecule has 0 saturated heterocycles. The predicted molar refractivity (Wildman–Crippen MR) is 112 cm³/mol. The summed E-state index contributed by atoms with van der Waals surface area (Å²) in [4.78, 5) is 9.22. The fraction of sp³-hybridized carbons (Fsp3) is 0. The average Bonchev–Trinajstić information content (AvgIpc) is 3.18. The smallest absolute Gasteiger partial charge is 0.113 e. The van der Waals surface area contributed by atoms with Gasteiger partial charge in [-0.3, -0.25) is 9.97 Å². The Hall–Kier alpha value is -3.80. The summed E-state index contributed by atoms with van der Waals surface area (Å²) in [5.74, 6) is 0. The van der Waals surface area contributed by atoms with Gasteiger partial charge >= 0.3 is 0 Å². The number of aromatic nitrogens is 5. The second kappa shape index (κ2) is 5.60. The number of nitrogens with zero attached hydrogens (tertiary/aromatic N) is 5. The van der Waals surface area contributed by atoms with Gasteiger partial charge in [-0.15, -0.1) is 5.10 Å². The van der Waals surface area contributed by atoms with E-state index in [0.29, 0.717) is 5.46 Å². The van der Waals surface area contributed by atoms with Crippen LogP contribution in [-0.2, 0) is 0 Å². The summed E-state index contributed by atoms with van der Waals surface area (Å²) in [5.41, 5.74) is 5.17. The van der Waals surface area contributed by atoms with Crippen LogP contribution >= 0.6 is 0 Å². The number of hydrogen-bond donors (Lipinski definition) is 0. The van der Waals surface area contributed by atoms with Crippen molar-refractivity contribution < 1.29 is 0 Å². The van der Waals surface area contributed by atoms with Crippen molar-refractivity contribution in [2.75, 3.05) is 0 Å². The number of fused-ring (bicyclic) bond motifs is 7. The monoisotopic (exact) mass is 357 g/mol. The first-order chi connectivity index (χ1) is 13.8. The highest BCUT2D eigenvalue weighted by atomic mass is 15.4. The van der Waals surface area contributed by atoms with Gasteiger partial charge < -0.3 is 0 Å². The number of para-hydroxylation sites is 1. The molecule has 2 aromatic heterocycles. The van der Waals surface area contributed by atoms with Crippen LogP contribution in [0.1, 0.15) is 0 Å². The molecule has 0 amide bonds. The predicted octanol–water partition coefficient (Wildman–Crippen LogP) is 3.46. The average molecular weight is 357 g/mol. The zero-order valence-corrected chi connectivity index (χ0v) is 14.7. The minimum atomic E-state index is 0.713. The molecule has 0 aliphatic carbocycles. The van der Waals surface area contributed by atoms with Crippen molar-refractivity contribution >= 4 is 56.9 Å². The largest absolute Gasteiger partial charge is 0.252 e. The molecule has 6 heteroatoms. The molecule has 28 heavy (non-hydrogen) atoms. The fourth-order valence-corrected chi connectivity index (χ4v) is 3.88. The molecule has 0 aliphatic rings. The van der Waals surface area contributed by atoms with E-state index < -0.39 is 0 Å². The van der Waals surface area contributed by atoms with Gasteiger partial charge in [0, 0.05) is 23.2 Å². The molecule has 6 rings (SSSR count). The molecule has 128 valence electrons. The second-order valence-electron chi connectivity index (χ2n) is 6.78. The molecular formula is C22H12BN5. The van der Waals surface area contributed by atoms with Gasteiger partial charge in [-0.1, -0.05) is 47.1 Å². The molecule has 5 nitrogen and oxygen atoms in total. The van der Waals surface area contributed by atoms with Crippen molar-refractivity contribution in [2.45, 2.75) is 0 Å². The van der Waals surface area contributed by atoms with Gasteiger partial charge in [0.05, 0.1) is 22.2 Å². The Balaban J connectivity index is 1.75. The van der Waals surface area contributed by atoms with Gasteiger partial charge in [0.25, 0.3) is 0 Å². The summed E-state index contributed by atoms with van der Waals surface area (Å²) in [6.45, 7) is 0. The Morgan fingerprint density at radius 3 is 2.25 bits per heavy atom. The van der Waals surface area contributed by atoms with Gasteiger partial charge in [0.1, 0.15) is 13.4 Å². The van der Waals surface area contributed by atoms with E-state index in [9.17, 15) is 0 Å². The third-order valence-corrected chi connectivity index (χ3v) is 5.14. The molecule has 0 fully saturated rings. The van der Waals surface area contributed by atoms with E-state index in [1.807, 2.05) is 47.1 Å². The van der Waals surface area contributed by atoms with E-state index in [-0.39, 0.29) is 0 Å². The molecule has 0 aliphatic heterocycles. The third kappa shape index (κ3) is 2.08. The highest BCUT2D eigenvalue weighted by Gasteiger charge is 2.13. The van der Waals surface area contributed by atoms with Gasteiger partial charge in [-0.05, 0) is 35.0 Å². The van der Waals surface area contributed by atoms with Crippen LogP contribution in [0.15, 0.2) is 73.1 Å². The van der Waals surface area contributed by atoms with Crippen molar-refractivity contribution in [3.8, 4) is 5.69 Å². The molecule has 0 spiro atoms. The summed E-state index contributed by atoms with van der Waals surface area (Å²) < 4.78 is 1.85. The molecular weight excluding hydrogens is 345 g/mol. The molecule has 0 unspecified atom stereocenters. The summed E-state index contributed by atoms with van der Waals surface area (Å²) in [5, 5.41) is 12.9. The molecule has 6 aromatic rings. The van der Waals surface area contributed by atoms with E-state index in [1.54, 1.807) is 12.4 Å². The van der Waals surface area contributed by atoms with Crippen LogP contribution < -0.4 is 5.46 Å². The number of rotatable bonds is 1. The molecule has 0 bridgehead atoms. The maximum atomic E-state index is 6.03. The first-order valence-corrected chi connectivity index (χ1v) is 8.96. The van der Waals surface area contributed by atoms with Crippen molar-refractivity contribution in [1.82, 2.24) is 25.0 Å². The standard InChI is InChI=1S/C22H12BN5/c23-13-5-7-15-16-8-6-14(28-20-4-2-1-3-19(20)26-27-28)12-18(16)22-21(17(15)11-13)24-9-10-25-22/h1-12H. The lowest BCUT2D eigenvalue weighted by molar-refractivity contribution is 0.825. The number of hydrogen-bond acceptors (Lipinski definition) is 4. The molecule has 0 saturated carbocycles. The molecule has 0 N–H and O–H groups in total. The molecule has 4 aromatic carbocycles. The van der Waals surface area contributed by atoms with E-state index in [2.05, 4.69) is 38.5 Å². The highest BCUT2D eigenvalue weighted by molar-refractivity contribution is 6.35. The Bertz CT molecular complexity index is 1520. The fourth-order valence-electron chi connectivity index (χ4n) is 3.88. The van der Waals surface area contributed by atoms with Crippen LogP contribution in [0, 0.1) is 0 Å². The van der Waals surface area contributed by atoms with E-state index >= 15 is 0 Å². The Morgan fingerprint density at radius 2 is 1.43 bits per heavy atom. The van der Waals surface area contributed by atoms with E-state index in [1.165, 1.54) is 0 Å². The van der Waals surface area contributed by atoms with Crippen molar-refractivity contribution in [2.24, 2.45) is 0 Å². The van der Waals surface area contributed by atoms with Crippen molar-refractivity contribution in [1.29, 1.82) is 0 Å². The Kier molecular flexibility index (Phi) is 3.06. The van der Waals surface area contributed by atoms with Crippen LogP contribution in [0.4, 0.5) is 0 Å². The lowest BCUT2D eigenvalue weighted by Gasteiger charge is -2.11. The zero-order chi connectivity index (χ0) is 18.7. The maximum Gasteiger partial charge on any atom is 0.113 e. The minimum absolute atomic E-state index is 0.713. The maximum absolute atomic E-state index is 6.03. The summed E-state index contributed by atoms with van der Waals surface area (Å²) >= 11 is 0. The van der Waals surface area contributed by atoms with Gasteiger partial charge in [-0.25, -0.2) is 4.68 Å². The Morgan fingerprint density at radius 1 is 0.714 bits per heavy atom. The first-order valence-electron chi connectivity index (χ1n) is 8.96. The summed E-state index contributed by atoms with van der Waals surface area (Å²) in [6.07, 6.45) is 3.43. The van der Waals surface area contributed by atoms with E-state index in [4.69, 9.17) is 7.85 Å². The number of benzene rings is 4. The van der Waals surface area contributed by atoms with Crippen LogP contribution in [0.5, 0.6) is 0 Å². The van der Waals surface area contributed by atoms with E-state index in [0.717, 1.165) is 49.3 Å². The van der Waals surface area contributed by atoms with Gasteiger partial charge in [0.2, 0.25) is 0 Å². The van der Waals surface area contributed by atoms with Crippen LogP contribution in [-0.4, -0.2) is 32.8 Å². The lowest BCUT2D eigenvalue weighted by atomic mass is 9.91. The van der Waals surface area contributed by atoms with Crippen LogP contribution in [0.3, 0.4) is 0 Å². The highest BCUT2D eigenvalue weighted by Crippen LogP contribution is 2.33. The van der Waals surface area contributed by atoms with Crippen LogP contribution in [0.2, 0.25) is 0 Å². The second-order valence-corrected chi connectivity index (χ2v) is 6.78. The third-order valence-electron chi connectivity index (χ3n) is 5.14. The van der Waals surface area contributed by atoms with Gasteiger partial charge in [-0.2, -0.15) is 0 Å². The molecule has 2 heterocycles. The lowest BCUT2D eigenvalue weighted by Crippen LogP contribution is -2.01. The normalized spacial score (nSPS) is 11.7. The van der Waals surface area contributed by atoms with Crippen LogP contribution in [0.25, 0.3) is 49.3 Å². The zero-order valence-electron chi connectivity index (χ0n) is 14.7. The quantitative estimate of drug-likeness (QED) is 0.334. The van der Waals surface area contributed by atoms with Crippen molar-refractivity contribution in [3.63, 3.8) is 0 Å². The summed E-state index contributed by atoms with van der Waals surface area (Å²) in [7, 11) is 6.03. The minimum Gasteiger partial charge on any atom is -0.252 e.